The van der Waals surface area contributed by atoms with Crippen molar-refractivity contribution >= 4 is 5.91 Å². The van der Waals surface area contributed by atoms with E-state index in [-0.39, 0.29) is 5.56 Å². The van der Waals surface area contributed by atoms with Crippen molar-refractivity contribution in [2.75, 3.05) is 6.61 Å². The van der Waals surface area contributed by atoms with E-state index in [0.29, 0.717) is 6.54 Å². The molecule has 0 bridgehead atoms. The fourth-order valence-electron chi connectivity index (χ4n) is 1.89. The van der Waals surface area contributed by atoms with Crippen LogP contribution in [-0.2, 0) is 11.3 Å². The molecular weight excluding hydrogens is 259 g/mol. The Morgan fingerprint density at radius 3 is 2.60 bits per heavy atom. The van der Waals surface area contributed by atoms with Crippen LogP contribution < -0.4 is 5.32 Å². The van der Waals surface area contributed by atoms with E-state index >= 15 is 0 Å². The highest BCUT2D eigenvalue weighted by Crippen LogP contribution is 2.19. The van der Waals surface area contributed by atoms with Crippen LogP contribution in [0, 0.1) is 5.82 Å². The molecule has 0 aliphatic heterocycles. The van der Waals surface area contributed by atoms with Crippen molar-refractivity contribution in [2.45, 2.75) is 12.5 Å². The van der Waals surface area contributed by atoms with E-state index in [1.807, 2.05) is 0 Å². The van der Waals surface area contributed by atoms with Crippen LogP contribution in [0.5, 0.6) is 0 Å². The number of aliphatic hydroxyl groups is 1. The van der Waals surface area contributed by atoms with E-state index in [9.17, 15) is 14.3 Å². The first kappa shape index (κ1) is 14.1. The molecule has 2 rings (SSSR count). The summed E-state index contributed by atoms with van der Waals surface area (Å²) in [6.45, 7) is -0.130. The molecule has 0 spiro atoms. The lowest BCUT2D eigenvalue weighted by atomic mass is 9.98. The van der Waals surface area contributed by atoms with Gasteiger partial charge in [0.15, 0.2) is 0 Å². The number of nitrogens with one attached hydrogen (secondary N) is 1. The number of rotatable bonds is 5. The molecule has 0 radical (unpaired) electrons. The molecule has 2 aromatic rings. The maximum absolute atomic E-state index is 13.7. The molecule has 2 N–H and O–H groups in total. The molecule has 0 aliphatic rings. The third-order valence-corrected chi connectivity index (χ3v) is 3.00. The number of carbonyl (C=O) groups is 1. The largest absolute Gasteiger partial charge is 0.395 e. The minimum Gasteiger partial charge on any atom is -0.395 e. The van der Waals surface area contributed by atoms with Gasteiger partial charge in [0.1, 0.15) is 5.82 Å². The van der Waals surface area contributed by atoms with Crippen LogP contribution in [0.4, 0.5) is 4.39 Å². The van der Waals surface area contributed by atoms with Gasteiger partial charge in [0, 0.05) is 24.5 Å². The van der Waals surface area contributed by atoms with Gasteiger partial charge in [-0.2, -0.15) is 0 Å². The second-order valence-corrected chi connectivity index (χ2v) is 4.33. The quantitative estimate of drug-likeness (QED) is 0.870. The van der Waals surface area contributed by atoms with Crippen molar-refractivity contribution in [3.8, 4) is 0 Å². The minimum atomic E-state index is -0.905. The molecule has 0 fully saturated rings. The molecule has 20 heavy (non-hydrogen) atoms. The zero-order valence-corrected chi connectivity index (χ0v) is 10.8. The van der Waals surface area contributed by atoms with E-state index in [1.54, 1.807) is 36.7 Å². The number of halogens is 1. The number of pyridine rings is 1. The molecule has 0 unspecified atom stereocenters. The minimum absolute atomic E-state index is 0.197. The number of hydrogen-bond donors (Lipinski definition) is 2. The molecule has 0 saturated carbocycles. The Kier molecular flexibility index (Phi) is 4.79. The number of nitrogens with zero attached hydrogens (tertiary/aromatic N) is 1. The average Bonchev–Trinajstić information content (AvgIpc) is 2.49. The maximum Gasteiger partial charge on any atom is 0.230 e. The Hall–Kier alpha value is -2.27. The number of aliphatic hydroxyl groups excluding tert-OH is 1. The van der Waals surface area contributed by atoms with Gasteiger partial charge in [-0.3, -0.25) is 9.78 Å². The zero-order valence-electron chi connectivity index (χ0n) is 10.8. The summed E-state index contributed by atoms with van der Waals surface area (Å²) >= 11 is 0. The Morgan fingerprint density at radius 1 is 1.25 bits per heavy atom. The van der Waals surface area contributed by atoms with Crippen LogP contribution in [-0.4, -0.2) is 22.6 Å². The molecule has 1 aromatic heterocycles. The van der Waals surface area contributed by atoms with Crippen molar-refractivity contribution in [2.24, 2.45) is 0 Å². The standard InChI is InChI=1S/C15H15FN2O2/c16-14-4-2-1-3-12(14)13(10-19)15(20)18-9-11-5-7-17-8-6-11/h1-8,13,19H,9-10H2,(H,18,20)/t13-/m1/s1. The number of hydrogen-bond acceptors (Lipinski definition) is 3. The van der Waals surface area contributed by atoms with E-state index in [0.717, 1.165) is 5.56 Å². The van der Waals surface area contributed by atoms with E-state index < -0.39 is 24.2 Å². The van der Waals surface area contributed by atoms with Crippen LogP contribution in [0.3, 0.4) is 0 Å². The normalized spacial score (nSPS) is 11.9. The first-order valence-corrected chi connectivity index (χ1v) is 6.24. The number of benzene rings is 1. The van der Waals surface area contributed by atoms with Crippen LogP contribution in [0.15, 0.2) is 48.8 Å². The second-order valence-electron chi connectivity index (χ2n) is 4.33. The van der Waals surface area contributed by atoms with Crippen LogP contribution >= 0.6 is 0 Å². The topological polar surface area (TPSA) is 62.2 Å². The highest BCUT2D eigenvalue weighted by molar-refractivity contribution is 5.83. The summed E-state index contributed by atoms with van der Waals surface area (Å²) in [6, 6.07) is 9.50. The molecule has 1 heterocycles. The molecule has 0 saturated heterocycles. The Balaban J connectivity index is 2.05. The molecule has 4 nitrogen and oxygen atoms in total. The lowest BCUT2D eigenvalue weighted by Gasteiger charge is -2.15. The lowest BCUT2D eigenvalue weighted by Crippen LogP contribution is -2.31. The summed E-state index contributed by atoms with van der Waals surface area (Å²) in [5.41, 5.74) is 1.08. The Morgan fingerprint density at radius 2 is 1.95 bits per heavy atom. The van der Waals surface area contributed by atoms with Crippen molar-refractivity contribution < 1.29 is 14.3 Å². The fourth-order valence-corrected chi connectivity index (χ4v) is 1.89. The van der Waals surface area contributed by atoms with Gasteiger partial charge < -0.3 is 10.4 Å². The predicted octanol–water partition coefficient (Wildman–Crippen LogP) is 1.61. The number of aromatic nitrogens is 1. The van der Waals surface area contributed by atoms with E-state index in [1.165, 1.54) is 12.1 Å². The van der Waals surface area contributed by atoms with Crippen molar-refractivity contribution in [3.05, 3.63) is 65.7 Å². The van der Waals surface area contributed by atoms with E-state index in [4.69, 9.17) is 0 Å². The second kappa shape index (κ2) is 6.77. The van der Waals surface area contributed by atoms with Gasteiger partial charge in [0.25, 0.3) is 0 Å². The molecule has 0 aliphatic carbocycles. The SMILES string of the molecule is O=C(NCc1ccncc1)[C@H](CO)c1ccccc1F. The first-order valence-electron chi connectivity index (χ1n) is 6.24. The molecular formula is C15H15FN2O2. The van der Waals surface area contributed by atoms with Gasteiger partial charge >= 0.3 is 0 Å². The highest BCUT2D eigenvalue weighted by atomic mass is 19.1. The van der Waals surface area contributed by atoms with Gasteiger partial charge in [-0.15, -0.1) is 0 Å². The van der Waals surface area contributed by atoms with Crippen molar-refractivity contribution in [3.63, 3.8) is 0 Å². The summed E-state index contributed by atoms with van der Waals surface area (Å²) in [5.74, 6) is -1.81. The Bertz CT molecular complexity index is 575. The number of carbonyl (C=O) groups excluding carboxylic acids is 1. The smallest absolute Gasteiger partial charge is 0.230 e. The summed E-state index contributed by atoms with van der Waals surface area (Å²) in [5, 5.41) is 12.0. The van der Waals surface area contributed by atoms with Gasteiger partial charge in [-0.05, 0) is 23.8 Å². The highest BCUT2D eigenvalue weighted by Gasteiger charge is 2.22. The molecule has 5 heteroatoms. The van der Waals surface area contributed by atoms with Gasteiger partial charge in [0.05, 0.1) is 12.5 Å². The summed E-state index contributed by atoms with van der Waals surface area (Å²) in [6.07, 6.45) is 3.25. The van der Waals surface area contributed by atoms with E-state index in [2.05, 4.69) is 10.3 Å². The van der Waals surface area contributed by atoms with Crippen LogP contribution in [0.25, 0.3) is 0 Å². The molecule has 1 atom stereocenters. The van der Waals surface area contributed by atoms with Gasteiger partial charge in [0.2, 0.25) is 5.91 Å². The van der Waals surface area contributed by atoms with Crippen LogP contribution in [0.1, 0.15) is 17.0 Å². The first-order chi connectivity index (χ1) is 9.72. The molecule has 1 amide bonds. The molecule has 1 aromatic carbocycles. The van der Waals surface area contributed by atoms with Crippen molar-refractivity contribution in [1.82, 2.24) is 10.3 Å². The number of amides is 1. The van der Waals surface area contributed by atoms with Crippen molar-refractivity contribution in [1.29, 1.82) is 0 Å². The predicted molar refractivity (Wildman–Crippen MR) is 72.3 cm³/mol. The van der Waals surface area contributed by atoms with Gasteiger partial charge in [-0.25, -0.2) is 4.39 Å². The Labute approximate surface area is 116 Å². The average molecular weight is 274 g/mol. The van der Waals surface area contributed by atoms with Gasteiger partial charge in [-0.1, -0.05) is 18.2 Å². The summed E-state index contributed by atoms with van der Waals surface area (Å²) in [7, 11) is 0. The fraction of sp³-hybridized carbons (Fsp3) is 0.200. The third kappa shape index (κ3) is 3.39. The third-order valence-electron chi connectivity index (χ3n) is 3.00. The maximum atomic E-state index is 13.7. The summed E-state index contributed by atoms with van der Waals surface area (Å²) in [4.78, 5) is 15.9. The molecule has 104 valence electrons. The monoisotopic (exact) mass is 274 g/mol. The zero-order chi connectivity index (χ0) is 14.4. The lowest BCUT2D eigenvalue weighted by molar-refractivity contribution is -0.123. The van der Waals surface area contributed by atoms with Crippen LogP contribution in [0.2, 0.25) is 0 Å². The summed E-state index contributed by atoms with van der Waals surface area (Å²) < 4.78 is 13.7.